The molecule has 5 nitrogen and oxygen atoms in total. The Kier molecular flexibility index (Phi) is 5.68. The summed E-state index contributed by atoms with van der Waals surface area (Å²) in [6, 6.07) is 7.30. The number of rotatable bonds is 5. The first-order chi connectivity index (χ1) is 10.8. The maximum Gasteiger partial charge on any atom is 0.222 e. The van der Waals surface area contributed by atoms with Gasteiger partial charge in [-0.15, -0.1) is 0 Å². The number of anilines is 1. The Morgan fingerprint density at radius 1 is 1.26 bits per heavy atom. The highest BCUT2D eigenvalue weighted by Crippen LogP contribution is 2.28. The molecule has 1 aromatic carbocycles. The summed E-state index contributed by atoms with van der Waals surface area (Å²) >= 11 is 0. The van der Waals surface area contributed by atoms with Gasteiger partial charge in [0.15, 0.2) is 9.84 Å². The van der Waals surface area contributed by atoms with Crippen LogP contribution in [0.5, 0.6) is 0 Å². The summed E-state index contributed by atoms with van der Waals surface area (Å²) in [5, 5.41) is -0.438. The monoisotopic (exact) mass is 338 g/mol. The molecule has 2 atom stereocenters. The molecule has 1 aliphatic carbocycles. The van der Waals surface area contributed by atoms with Crippen LogP contribution in [0.25, 0.3) is 0 Å². The third-order valence-electron chi connectivity index (χ3n) is 4.77. The average Bonchev–Trinajstić information content (AvgIpc) is 2.52. The fraction of sp³-hybridized carbons (Fsp3) is 0.588. The van der Waals surface area contributed by atoms with E-state index in [4.69, 9.17) is 5.73 Å². The second-order valence-electron chi connectivity index (χ2n) is 6.42. The van der Waals surface area contributed by atoms with Gasteiger partial charge < -0.3 is 10.6 Å². The van der Waals surface area contributed by atoms with Gasteiger partial charge in [-0.3, -0.25) is 4.79 Å². The third-order valence-corrected chi connectivity index (χ3v) is 6.42. The maximum atomic E-state index is 12.5. The molecule has 0 aliphatic heterocycles. The van der Waals surface area contributed by atoms with E-state index < -0.39 is 15.1 Å². The van der Waals surface area contributed by atoms with Crippen LogP contribution in [0.1, 0.15) is 37.7 Å². The molecule has 6 heteroatoms. The van der Waals surface area contributed by atoms with Gasteiger partial charge in [-0.2, -0.15) is 0 Å². The van der Waals surface area contributed by atoms with Crippen molar-refractivity contribution in [3.05, 3.63) is 29.8 Å². The summed E-state index contributed by atoms with van der Waals surface area (Å²) in [7, 11) is -1.41. The molecule has 128 valence electrons. The van der Waals surface area contributed by atoms with Crippen molar-refractivity contribution in [2.24, 2.45) is 0 Å². The van der Waals surface area contributed by atoms with Crippen LogP contribution in [0.3, 0.4) is 0 Å². The number of carbonyl (C=O) groups is 1. The Hall–Kier alpha value is -1.56. The molecular formula is C17H26N2O3S. The van der Waals surface area contributed by atoms with Gasteiger partial charge in [0.25, 0.3) is 0 Å². The maximum absolute atomic E-state index is 12.5. The van der Waals surface area contributed by atoms with Crippen molar-refractivity contribution in [3.8, 4) is 0 Å². The lowest BCUT2D eigenvalue weighted by Crippen LogP contribution is -2.49. The number of amides is 1. The SMILES string of the molecule is CN(C(=O)CCc1ccccc1N)C1CCCCC1S(C)(=O)=O. The normalized spacial score (nSPS) is 21.8. The first kappa shape index (κ1) is 17.8. The number of aryl methyl sites for hydroxylation is 1. The third kappa shape index (κ3) is 4.47. The van der Waals surface area contributed by atoms with Crippen molar-refractivity contribution in [2.45, 2.75) is 49.8 Å². The highest BCUT2D eigenvalue weighted by atomic mass is 32.2. The van der Waals surface area contributed by atoms with Crippen molar-refractivity contribution in [2.75, 3.05) is 19.0 Å². The Balaban J connectivity index is 2.02. The molecule has 1 aromatic rings. The lowest BCUT2D eigenvalue weighted by molar-refractivity contribution is -0.132. The van der Waals surface area contributed by atoms with E-state index >= 15 is 0 Å². The molecule has 2 rings (SSSR count). The van der Waals surface area contributed by atoms with Crippen molar-refractivity contribution < 1.29 is 13.2 Å². The van der Waals surface area contributed by atoms with Crippen molar-refractivity contribution >= 4 is 21.4 Å². The van der Waals surface area contributed by atoms with Crippen molar-refractivity contribution in [1.82, 2.24) is 4.90 Å². The van der Waals surface area contributed by atoms with Crippen LogP contribution in [0.2, 0.25) is 0 Å². The first-order valence-electron chi connectivity index (χ1n) is 8.08. The van der Waals surface area contributed by atoms with Gasteiger partial charge in [0.1, 0.15) is 0 Å². The molecule has 0 heterocycles. The number of nitrogens with two attached hydrogens (primary N) is 1. The first-order valence-corrected chi connectivity index (χ1v) is 10.0. The molecular weight excluding hydrogens is 312 g/mol. The van der Waals surface area contributed by atoms with Crippen molar-refractivity contribution in [3.63, 3.8) is 0 Å². The van der Waals surface area contributed by atoms with Gasteiger partial charge in [-0.05, 0) is 30.9 Å². The Labute approximate surface area is 138 Å². The number of carbonyl (C=O) groups excluding carboxylic acids is 1. The van der Waals surface area contributed by atoms with Gasteiger partial charge in [-0.1, -0.05) is 31.0 Å². The zero-order valence-corrected chi connectivity index (χ0v) is 14.7. The number of para-hydroxylation sites is 1. The molecule has 2 unspecified atom stereocenters. The number of nitrogen functional groups attached to an aromatic ring is 1. The summed E-state index contributed by atoms with van der Waals surface area (Å²) < 4.78 is 24.0. The molecule has 1 saturated carbocycles. The van der Waals surface area contributed by atoms with Gasteiger partial charge in [0.2, 0.25) is 5.91 Å². The Morgan fingerprint density at radius 3 is 2.57 bits per heavy atom. The molecule has 1 fully saturated rings. The van der Waals surface area contributed by atoms with Crippen LogP contribution in [0.4, 0.5) is 5.69 Å². The van der Waals surface area contributed by atoms with E-state index in [1.54, 1.807) is 11.9 Å². The standard InChI is InChI=1S/C17H26N2O3S/c1-19(15-9-5-6-10-16(15)23(2,21)22)17(20)12-11-13-7-3-4-8-14(13)18/h3-4,7-8,15-16H,5-6,9-12,18H2,1-2H3. The summed E-state index contributed by atoms with van der Waals surface area (Å²) in [5.41, 5.74) is 7.55. The van der Waals surface area contributed by atoms with Crippen molar-refractivity contribution in [1.29, 1.82) is 0 Å². The van der Waals surface area contributed by atoms with E-state index in [1.165, 1.54) is 6.26 Å². The predicted octanol–water partition coefficient (Wildman–Crippen LogP) is 2.02. The van der Waals surface area contributed by atoms with E-state index in [1.807, 2.05) is 24.3 Å². The lowest BCUT2D eigenvalue weighted by atomic mass is 9.93. The molecule has 0 aromatic heterocycles. The topological polar surface area (TPSA) is 80.5 Å². The summed E-state index contributed by atoms with van der Waals surface area (Å²) in [6.45, 7) is 0. The summed E-state index contributed by atoms with van der Waals surface area (Å²) in [4.78, 5) is 14.1. The molecule has 0 radical (unpaired) electrons. The second-order valence-corrected chi connectivity index (χ2v) is 8.69. The smallest absolute Gasteiger partial charge is 0.222 e. The van der Waals surface area contributed by atoms with Crippen LogP contribution in [0.15, 0.2) is 24.3 Å². The molecule has 1 amide bonds. The minimum atomic E-state index is -3.14. The lowest BCUT2D eigenvalue weighted by Gasteiger charge is -2.37. The molecule has 2 N–H and O–H groups in total. The minimum Gasteiger partial charge on any atom is -0.399 e. The number of benzene rings is 1. The van der Waals surface area contributed by atoms with Crippen LogP contribution in [-0.4, -0.2) is 43.8 Å². The predicted molar refractivity (Wildman–Crippen MR) is 92.8 cm³/mol. The highest BCUT2D eigenvalue weighted by molar-refractivity contribution is 7.91. The second kappa shape index (κ2) is 7.34. The molecule has 0 spiro atoms. The summed E-state index contributed by atoms with van der Waals surface area (Å²) in [5.74, 6) is -0.0196. The molecule has 0 saturated heterocycles. The van der Waals surface area contributed by atoms with Gasteiger partial charge in [0.05, 0.1) is 5.25 Å². The number of sulfone groups is 1. The summed E-state index contributed by atoms with van der Waals surface area (Å²) in [6.07, 6.45) is 5.49. The van der Waals surface area contributed by atoms with Crippen LogP contribution < -0.4 is 5.73 Å². The van der Waals surface area contributed by atoms with E-state index in [-0.39, 0.29) is 11.9 Å². The fourth-order valence-electron chi connectivity index (χ4n) is 3.38. The highest BCUT2D eigenvalue weighted by Gasteiger charge is 2.36. The van der Waals surface area contributed by atoms with E-state index in [0.29, 0.717) is 24.9 Å². The van der Waals surface area contributed by atoms with E-state index in [2.05, 4.69) is 0 Å². The zero-order valence-electron chi connectivity index (χ0n) is 13.9. The Bertz CT molecular complexity index is 658. The van der Waals surface area contributed by atoms with E-state index in [9.17, 15) is 13.2 Å². The van der Waals surface area contributed by atoms with Crippen LogP contribution >= 0.6 is 0 Å². The average molecular weight is 338 g/mol. The van der Waals surface area contributed by atoms with Gasteiger partial charge >= 0.3 is 0 Å². The number of hydrogen-bond acceptors (Lipinski definition) is 4. The molecule has 1 aliphatic rings. The largest absolute Gasteiger partial charge is 0.399 e. The Morgan fingerprint density at radius 2 is 1.91 bits per heavy atom. The zero-order chi connectivity index (χ0) is 17.0. The fourth-order valence-corrected chi connectivity index (χ4v) is 4.87. The van der Waals surface area contributed by atoms with Gasteiger partial charge in [0, 0.05) is 31.5 Å². The van der Waals surface area contributed by atoms with Crippen LogP contribution in [-0.2, 0) is 21.1 Å². The molecule has 0 bridgehead atoms. The van der Waals surface area contributed by atoms with Crippen LogP contribution in [0, 0.1) is 0 Å². The molecule has 23 heavy (non-hydrogen) atoms. The minimum absolute atomic E-state index is 0.0196. The van der Waals surface area contributed by atoms with E-state index in [0.717, 1.165) is 24.8 Å². The number of hydrogen-bond donors (Lipinski definition) is 1. The number of nitrogens with zero attached hydrogens (tertiary/aromatic N) is 1. The van der Waals surface area contributed by atoms with Gasteiger partial charge in [-0.25, -0.2) is 8.42 Å². The quantitative estimate of drug-likeness (QED) is 0.833.